The van der Waals surface area contributed by atoms with Crippen LogP contribution < -0.4 is 10.3 Å². The highest BCUT2D eigenvalue weighted by atomic mass is 16.5. The van der Waals surface area contributed by atoms with Crippen molar-refractivity contribution in [2.24, 2.45) is 0 Å². The van der Waals surface area contributed by atoms with Gasteiger partial charge in [0.05, 0.1) is 5.56 Å². The number of benzene rings is 1. The number of aryl methyl sites for hydroxylation is 2. The monoisotopic (exact) mass is 368 g/mol. The van der Waals surface area contributed by atoms with Gasteiger partial charge in [-0.3, -0.25) is 14.2 Å². The predicted molar refractivity (Wildman–Crippen MR) is 103 cm³/mol. The number of carbonyl (C=O) groups is 1. The van der Waals surface area contributed by atoms with E-state index in [0.29, 0.717) is 5.75 Å². The molecule has 0 radical (unpaired) electrons. The molecule has 1 atom stereocenters. The van der Waals surface area contributed by atoms with Crippen LogP contribution >= 0.6 is 0 Å². The highest BCUT2D eigenvalue weighted by Gasteiger charge is 2.28. The number of ketones is 1. The van der Waals surface area contributed by atoms with Crippen LogP contribution in [0.2, 0.25) is 0 Å². The van der Waals surface area contributed by atoms with E-state index in [1.165, 1.54) is 6.92 Å². The Kier molecular flexibility index (Phi) is 5.75. The average molecular weight is 368 g/mol. The molecule has 6 heteroatoms. The zero-order valence-electron chi connectivity index (χ0n) is 16.5. The van der Waals surface area contributed by atoms with Gasteiger partial charge in [0.25, 0.3) is 5.56 Å². The van der Waals surface area contributed by atoms with Crippen molar-refractivity contribution in [3.05, 3.63) is 56.4 Å². The summed E-state index contributed by atoms with van der Waals surface area (Å²) in [6, 6.07) is 6.94. The van der Waals surface area contributed by atoms with Crippen LogP contribution in [-0.4, -0.2) is 21.6 Å². The summed E-state index contributed by atoms with van der Waals surface area (Å²) in [4.78, 5) is 25.4. The molecule has 1 unspecified atom stereocenters. The maximum absolute atomic E-state index is 13.0. The second-order valence-electron chi connectivity index (χ2n) is 6.95. The Morgan fingerprint density at radius 1 is 1.19 bits per heavy atom. The summed E-state index contributed by atoms with van der Waals surface area (Å²) in [7, 11) is 0. The third-order valence-corrected chi connectivity index (χ3v) is 4.67. The van der Waals surface area contributed by atoms with Gasteiger partial charge < -0.3 is 9.84 Å². The normalized spacial score (nSPS) is 11.9. The number of nitrogens with zero attached hydrogens (tertiary/aromatic N) is 2. The number of rotatable bonds is 5. The Balaban J connectivity index is 2.51. The van der Waals surface area contributed by atoms with Gasteiger partial charge in [-0.05, 0) is 70.4 Å². The van der Waals surface area contributed by atoms with E-state index in [1.54, 1.807) is 26.8 Å². The van der Waals surface area contributed by atoms with Crippen LogP contribution in [0.1, 0.15) is 59.4 Å². The van der Waals surface area contributed by atoms with Crippen molar-refractivity contribution in [2.75, 3.05) is 0 Å². The van der Waals surface area contributed by atoms with E-state index >= 15 is 0 Å². The average Bonchev–Trinajstić information content (AvgIpc) is 2.58. The SMILES string of the molecule is Cc1ccc(OC(C)C(=O)c2c(C)c(C#N)c(=O)n(C(C)C)c2O)cc1C. The van der Waals surface area contributed by atoms with Crippen LogP contribution in [0.5, 0.6) is 11.6 Å². The Morgan fingerprint density at radius 2 is 1.81 bits per heavy atom. The molecular weight excluding hydrogens is 344 g/mol. The number of Topliss-reactive ketones (excluding diaryl/α,β-unsaturated/α-hetero) is 1. The summed E-state index contributed by atoms with van der Waals surface area (Å²) < 4.78 is 6.81. The van der Waals surface area contributed by atoms with Gasteiger partial charge in [0.1, 0.15) is 17.4 Å². The fourth-order valence-corrected chi connectivity index (χ4v) is 2.94. The lowest BCUT2D eigenvalue weighted by atomic mass is 9.98. The van der Waals surface area contributed by atoms with Crippen LogP contribution in [0.3, 0.4) is 0 Å². The van der Waals surface area contributed by atoms with Gasteiger partial charge in [-0.2, -0.15) is 5.26 Å². The van der Waals surface area contributed by atoms with Gasteiger partial charge in [-0.25, -0.2) is 0 Å². The smallest absolute Gasteiger partial charge is 0.271 e. The molecule has 0 fully saturated rings. The summed E-state index contributed by atoms with van der Waals surface area (Å²) in [6.45, 7) is 10.4. The highest BCUT2D eigenvalue weighted by Crippen LogP contribution is 2.27. The number of aromatic hydroxyl groups is 1. The molecule has 0 aliphatic rings. The standard InChI is InChI=1S/C21H24N2O4/c1-11(2)23-20(25)17(10-22)14(5)18(21(23)26)19(24)15(6)27-16-8-7-12(3)13(4)9-16/h7-9,11,15,26H,1-6H3. The fourth-order valence-electron chi connectivity index (χ4n) is 2.94. The van der Waals surface area contributed by atoms with E-state index in [1.807, 2.05) is 32.0 Å². The van der Waals surface area contributed by atoms with Gasteiger partial charge >= 0.3 is 0 Å². The minimum atomic E-state index is -0.902. The molecule has 27 heavy (non-hydrogen) atoms. The first-order chi connectivity index (χ1) is 12.6. The van der Waals surface area contributed by atoms with Crippen molar-refractivity contribution in [3.63, 3.8) is 0 Å². The molecule has 0 spiro atoms. The van der Waals surface area contributed by atoms with E-state index in [9.17, 15) is 20.0 Å². The lowest BCUT2D eigenvalue weighted by Crippen LogP contribution is -2.31. The number of hydrogen-bond acceptors (Lipinski definition) is 5. The number of pyridine rings is 1. The Hall–Kier alpha value is -3.07. The third kappa shape index (κ3) is 3.72. The first-order valence-electron chi connectivity index (χ1n) is 8.76. The Labute approximate surface area is 158 Å². The van der Waals surface area contributed by atoms with Gasteiger partial charge in [-0.1, -0.05) is 6.07 Å². The van der Waals surface area contributed by atoms with Gasteiger partial charge in [0.15, 0.2) is 6.10 Å². The number of carbonyl (C=O) groups excluding carboxylic acids is 1. The van der Waals surface area contributed by atoms with Crippen molar-refractivity contribution >= 4 is 5.78 Å². The summed E-state index contributed by atoms with van der Waals surface area (Å²) in [6.07, 6.45) is -0.902. The van der Waals surface area contributed by atoms with Crippen LogP contribution in [-0.2, 0) is 0 Å². The molecule has 1 aromatic heterocycles. The lowest BCUT2D eigenvalue weighted by molar-refractivity contribution is 0.0812. The molecule has 0 bridgehead atoms. The summed E-state index contributed by atoms with van der Waals surface area (Å²) in [5.41, 5.74) is 1.49. The van der Waals surface area contributed by atoms with Gasteiger partial charge in [0.2, 0.25) is 11.7 Å². The van der Waals surface area contributed by atoms with E-state index in [2.05, 4.69) is 0 Å². The van der Waals surface area contributed by atoms with Crippen molar-refractivity contribution in [2.45, 2.75) is 53.7 Å². The summed E-state index contributed by atoms with van der Waals surface area (Å²) in [5, 5.41) is 19.9. The fraction of sp³-hybridized carbons (Fsp3) is 0.381. The molecule has 0 saturated carbocycles. The zero-order valence-corrected chi connectivity index (χ0v) is 16.5. The number of hydrogen-bond donors (Lipinski definition) is 1. The molecule has 0 amide bonds. The second-order valence-corrected chi connectivity index (χ2v) is 6.95. The van der Waals surface area contributed by atoms with E-state index < -0.39 is 29.4 Å². The van der Waals surface area contributed by atoms with Crippen molar-refractivity contribution in [1.82, 2.24) is 4.57 Å². The van der Waals surface area contributed by atoms with Gasteiger partial charge in [-0.15, -0.1) is 0 Å². The number of aromatic nitrogens is 1. The maximum Gasteiger partial charge on any atom is 0.271 e. The third-order valence-electron chi connectivity index (χ3n) is 4.67. The van der Waals surface area contributed by atoms with Crippen LogP contribution in [0, 0.1) is 32.1 Å². The molecular formula is C21H24N2O4. The lowest BCUT2D eigenvalue weighted by Gasteiger charge is -2.20. The first kappa shape index (κ1) is 20.2. The number of nitriles is 1. The topological polar surface area (TPSA) is 92.3 Å². The summed E-state index contributed by atoms with van der Waals surface area (Å²) >= 11 is 0. The molecule has 0 aliphatic heterocycles. The quantitative estimate of drug-likeness (QED) is 0.814. The molecule has 1 aromatic carbocycles. The Morgan fingerprint density at radius 3 is 2.33 bits per heavy atom. The zero-order chi connectivity index (χ0) is 20.5. The van der Waals surface area contributed by atoms with E-state index in [-0.39, 0.29) is 16.7 Å². The van der Waals surface area contributed by atoms with Crippen molar-refractivity contribution in [1.29, 1.82) is 5.26 Å². The largest absolute Gasteiger partial charge is 0.494 e. The molecule has 0 aliphatic carbocycles. The predicted octanol–water partition coefficient (Wildman–Crippen LogP) is 3.58. The molecule has 2 aromatic rings. The summed E-state index contributed by atoms with van der Waals surface area (Å²) in [5.74, 6) is -0.394. The van der Waals surface area contributed by atoms with E-state index in [0.717, 1.165) is 15.7 Å². The second kappa shape index (κ2) is 7.67. The highest BCUT2D eigenvalue weighted by molar-refractivity contribution is 6.03. The molecule has 1 heterocycles. The van der Waals surface area contributed by atoms with Crippen LogP contribution in [0.4, 0.5) is 0 Å². The van der Waals surface area contributed by atoms with Crippen molar-refractivity contribution in [3.8, 4) is 17.7 Å². The number of ether oxygens (including phenoxy) is 1. The van der Waals surface area contributed by atoms with Crippen molar-refractivity contribution < 1.29 is 14.6 Å². The first-order valence-corrected chi connectivity index (χ1v) is 8.76. The maximum atomic E-state index is 13.0. The minimum Gasteiger partial charge on any atom is -0.494 e. The van der Waals surface area contributed by atoms with Gasteiger partial charge in [0, 0.05) is 6.04 Å². The molecule has 1 N–H and O–H groups in total. The molecule has 6 nitrogen and oxygen atoms in total. The minimum absolute atomic E-state index is 0.0591. The molecule has 142 valence electrons. The van der Waals surface area contributed by atoms with Crippen LogP contribution in [0.15, 0.2) is 23.0 Å². The van der Waals surface area contributed by atoms with Crippen LogP contribution in [0.25, 0.3) is 0 Å². The molecule has 0 saturated heterocycles. The Bertz CT molecular complexity index is 997. The van der Waals surface area contributed by atoms with E-state index in [4.69, 9.17) is 4.74 Å². The molecule has 2 rings (SSSR count).